The van der Waals surface area contributed by atoms with Crippen LogP contribution in [0, 0.1) is 11.3 Å². The summed E-state index contributed by atoms with van der Waals surface area (Å²) in [7, 11) is 0. The van der Waals surface area contributed by atoms with Crippen molar-refractivity contribution in [1.29, 1.82) is 5.26 Å². The standard InChI is InChI=1S/C19H18ClN3OS/c1-19(2)10-16(15-7-6-13(20)9-17(15)24-19)23-18(25)22-14-5-3-4-12(8-14)11-21/h3-9,16H,10H2,1-2H3,(H2,22,23,25)/t16-/m1/s1. The Bertz CT molecular complexity index is 860. The van der Waals surface area contributed by atoms with Gasteiger partial charge in [-0.1, -0.05) is 23.7 Å². The summed E-state index contributed by atoms with van der Waals surface area (Å²) in [5.41, 5.74) is 2.06. The Morgan fingerprint density at radius 3 is 2.88 bits per heavy atom. The predicted molar refractivity (Wildman–Crippen MR) is 104 cm³/mol. The lowest BCUT2D eigenvalue weighted by molar-refractivity contribution is 0.0697. The van der Waals surface area contributed by atoms with Crippen LogP contribution in [0.25, 0.3) is 0 Å². The molecule has 0 saturated heterocycles. The van der Waals surface area contributed by atoms with Gasteiger partial charge in [-0.3, -0.25) is 0 Å². The maximum Gasteiger partial charge on any atom is 0.171 e. The first kappa shape index (κ1) is 17.5. The maximum absolute atomic E-state index is 9.00. The highest BCUT2D eigenvalue weighted by atomic mass is 35.5. The van der Waals surface area contributed by atoms with Gasteiger partial charge < -0.3 is 15.4 Å². The quantitative estimate of drug-likeness (QED) is 0.742. The molecule has 0 saturated carbocycles. The van der Waals surface area contributed by atoms with Gasteiger partial charge in [0.1, 0.15) is 11.4 Å². The Kier molecular flexibility index (Phi) is 4.85. The Morgan fingerprint density at radius 1 is 1.32 bits per heavy atom. The van der Waals surface area contributed by atoms with Crippen LogP contribution in [0.2, 0.25) is 5.02 Å². The van der Waals surface area contributed by atoms with E-state index in [1.165, 1.54) is 0 Å². The van der Waals surface area contributed by atoms with E-state index in [1.54, 1.807) is 12.1 Å². The molecule has 2 aromatic rings. The number of fused-ring (bicyclic) bond motifs is 1. The average Bonchev–Trinajstić information content (AvgIpc) is 2.53. The highest BCUT2D eigenvalue weighted by Crippen LogP contribution is 2.40. The van der Waals surface area contributed by atoms with Gasteiger partial charge in [0.05, 0.1) is 17.7 Å². The van der Waals surface area contributed by atoms with Crippen molar-refractivity contribution in [3.05, 3.63) is 58.6 Å². The Morgan fingerprint density at radius 2 is 2.12 bits per heavy atom. The van der Waals surface area contributed by atoms with E-state index >= 15 is 0 Å². The summed E-state index contributed by atoms with van der Waals surface area (Å²) >= 11 is 11.5. The molecule has 6 heteroatoms. The first-order chi connectivity index (χ1) is 11.9. The van der Waals surface area contributed by atoms with Gasteiger partial charge in [-0.15, -0.1) is 0 Å². The zero-order valence-corrected chi connectivity index (χ0v) is 15.5. The van der Waals surface area contributed by atoms with Crippen LogP contribution in [-0.4, -0.2) is 10.7 Å². The fourth-order valence-corrected chi connectivity index (χ4v) is 3.37. The molecule has 1 heterocycles. The van der Waals surface area contributed by atoms with Crippen molar-refractivity contribution in [3.8, 4) is 11.8 Å². The molecule has 2 aromatic carbocycles. The monoisotopic (exact) mass is 371 g/mol. The molecule has 25 heavy (non-hydrogen) atoms. The largest absolute Gasteiger partial charge is 0.487 e. The number of nitrogens with one attached hydrogen (secondary N) is 2. The number of anilines is 1. The molecular formula is C19H18ClN3OS. The van der Waals surface area contributed by atoms with Crippen molar-refractivity contribution in [1.82, 2.24) is 5.32 Å². The van der Waals surface area contributed by atoms with Crippen LogP contribution in [-0.2, 0) is 0 Å². The van der Waals surface area contributed by atoms with E-state index in [0.717, 1.165) is 23.4 Å². The van der Waals surface area contributed by atoms with Crippen LogP contribution in [0.5, 0.6) is 5.75 Å². The fourth-order valence-electron chi connectivity index (χ4n) is 2.95. The topological polar surface area (TPSA) is 57.1 Å². The van der Waals surface area contributed by atoms with E-state index in [9.17, 15) is 0 Å². The molecule has 0 fully saturated rings. The second-order valence-corrected chi connectivity index (χ2v) is 7.44. The molecule has 2 N–H and O–H groups in total. The second-order valence-electron chi connectivity index (χ2n) is 6.59. The lowest BCUT2D eigenvalue weighted by Crippen LogP contribution is -2.42. The van der Waals surface area contributed by atoms with Crippen LogP contribution >= 0.6 is 23.8 Å². The normalized spacial score (nSPS) is 17.6. The number of benzene rings is 2. The van der Waals surface area contributed by atoms with E-state index < -0.39 is 0 Å². The van der Waals surface area contributed by atoms with Crippen LogP contribution in [0.3, 0.4) is 0 Å². The molecular weight excluding hydrogens is 354 g/mol. The molecule has 0 aromatic heterocycles. The number of nitrogens with zero attached hydrogens (tertiary/aromatic N) is 1. The summed E-state index contributed by atoms with van der Waals surface area (Å²) in [6.07, 6.45) is 0.766. The highest BCUT2D eigenvalue weighted by Gasteiger charge is 2.34. The molecule has 0 unspecified atom stereocenters. The second kappa shape index (κ2) is 6.91. The summed E-state index contributed by atoms with van der Waals surface area (Å²) in [5.74, 6) is 0.774. The minimum Gasteiger partial charge on any atom is -0.487 e. The summed E-state index contributed by atoms with van der Waals surface area (Å²) in [5, 5.41) is 16.6. The number of nitriles is 1. The SMILES string of the molecule is CC1(C)C[C@@H](NC(=S)Nc2cccc(C#N)c2)c2ccc(Cl)cc2O1. The van der Waals surface area contributed by atoms with Gasteiger partial charge in [-0.2, -0.15) is 5.26 Å². The third-order valence-corrected chi connectivity index (χ3v) is 4.44. The van der Waals surface area contributed by atoms with Gasteiger partial charge in [-0.25, -0.2) is 0 Å². The predicted octanol–water partition coefficient (Wildman–Crippen LogP) is 4.80. The smallest absolute Gasteiger partial charge is 0.171 e. The number of ether oxygens (including phenoxy) is 1. The first-order valence-corrected chi connectivity index (χ1v) is 8.71. The van der Waals surface area contributed by atoms with E-state index in [0.29, 0.717) is 15.7 Å². The lowest BCUT2D eigenvalue weighted by atomic mass is 9.90. The Balaban J connectivity index is 1.78. The molecule has 1 aliphatic rings. The number of hydrogen-bond acceptors (Lipinski definition) is 3. The molecule has 0 amide bonds. The van der Waals surface area contributed by atoms with Gasteiger partial charge in [-0.05, 0) is 56.4 Å². The minimum atomic E-state index is -0.328. The first-order valence-electron chi connectivity index (χ1n) is 7.92. The van der Waals surface area contributed by atoms with E-state index in [-0.39, 0.29) is 11.6 Å². The highest BCUT2D eigenvalue weighted by molar-refractivity contribution is 7.80. The zero-order chi connectivity index (χ0) is 18.0. The summed E-state index contributed by atoms with van der Waals surface area (Å²) < 4.78 is 6.04. The number of hydrogen-bond donors (Lipinski definition) is 2. The third-order valence-electron chi connectivity index (χ3n) is 3.99. The third kappa shape index (κ3) is 4.22. The molecule has 128 valence electrons. The Labute approximate surface area is 157 Å². The van der Waals surface area contributed by atoms with Gasteiger partial charge in [0.15, 0.2) is 5.11 Å². The van der Waals surface area contributed by atoms with Gasteiger partial charge in [0.2, 0.25) is 0 Å². The van der Waals surface area contributed by atoms with Gasteiger partial charge >= 0.3 is 0 Å². The van der Waals surface area contributed by atoms with E-state index in [2.05, 4.69) is 16.7 Å². The van der Waals surface area contributed by atoms with Crippen LogP contribution in [0.1, 0.15) is 37.4 Å². The Hall–Kier alpha value is -2.29. The summed E-state index contributed by atoms with van der Waals surface area (Å²) in [6.45, 7) is 4.08. The van der Waals surface area contributed by atoms with E-state index in [1.807, 2.05) is 44.2 Å². The maximum atomic E-state index is 9.00. The lowest BCUT2D eigenvalue weighted by Gasteiger charge is -2.38. The van der Waals surface area contributed by atoms with Crippen molar-refractivity contribution in [2.75, 3.05) is 5.32 Å². The van der Waals surface area contributed by atoms with Crippen molar-refractivity contribution >= 4 is 34.6 Å². The minimum absolute atomic E-state index is 0.00941. The number of halogens is 1. The zero-order valence-electron chi connectivity index (χ0n) is 14.0. The van der Waals surface area contributed by atoms with Crippen molar-refractivity contribution in [2.24, 2.45) is 0 Å². The number of thiocarbonyl (C=S) groups is 1. The van der Waals surface area contributed by atoms with Crippen molar-refractivity contribution in [3.63, 3.8) is 0 Å². The molecule has 0 radical (unpaired) electrons. The van der Waals surface area contributed by atoms with Crippen molar-refractivity contribution < 1.29 is 4.74 Å². The summed E-state index contributed by atoms with van der Waals surface area (Å²) in [4.78, 5) is 0. The molecule has 0 aliphatic carbocycles. The van der Waals surface area contributed by atoms with Crippen LogP contribution < -0.4 is 15.4 Å². The number of rotatable bonds is 2. The molecule has 1 aliphatic heterocycles. The average molecular weight is 372 g/mol. The molecule has 3 rings (SSSR count). The van der Waals surface area contributed by atoms with Crippen LogP contribution in [0.15, 0.2) is 42.5 Å². The van der Waals surface area contributed by atoms with Gasteiger partial charge in [0, 0.05) is 22.7 Å². The van der Waals surface area contributed by atoms with Crippen molar-refractivity contribution in [2.45, 2.75) is 31.9 Å². The van der Waals surface area contributed by atoms with Gasteiger partial charge in [0.25, 0.3) is 0 Å². The molecule has 1 atom stereocenters. The molecule has 0 bridgehead atoms. The fraction of sp³-hybridized carbons (Fsp3) is 0.263. The molecule has 0 spiro atoms. The van der Waals surface area contributed by atoms with E-state index in [4.69, 9.17) is 33.8 Å². The molecule has 4 nitrogen and oxygen atoms in total. The summed E-state index contributed by atoms with van der Waals surface area (Å²) in [6, 6.07) is 15.0. The van der Waals surface area contributed by atoms with Crippen LogP contribution in [0.4, 0.5) is 5.69 Å².